The van der Waals surface area contributed by atoms with Gasteiger partial charge in [0.05, 0.1) is 0 Å². The summed E-state index contributed by atoms with van der Waals surface area (Å²) in [6, 6.07) is 6.28. The van der Waals surface area contributed by atoms with Crippen molar-refractivity contribution < 1.29 is 4.74 Å². The Morgan fingerprint density at radius 3 is 2.88 bits per heavy atom. The smallest absolute Gasteiger partial charge is 0.213 e. The lowest BCUT2D eigenvalue weighted by molar-refractivity contribution is 0.117. The van der Waals surface area contributed by atoms with Crippen molar-refractivity contribution in [3.05, 3.63) is 24.4 Å². The van der Waals surface area contributed by atoms with E-state index in [1.807, 2.05) is 18.2 Å². The summed E-state index contributed by atoms with van der Waals surface area (Å²) in [5.41, 5.74) is 0. The standard InChI is InChI=1S/C13H20N2O/c1-10-8-12(15(3)9-10)11(2)16-13-6-4-5-7-14-13/h4-7,10-12H,8-9H2,1-3H3. The van der Waals surface area contributed by atoms with Crippen LogP contribution in [0, 0.1) is 5.92 Å². The number of hydrogen-bond donors (Lipinski definition) is 0. The van der Waals surface area contributed by atoms with Gasteiger partial charge in [-0.3, -0.25) is 4.90 Å². The molecule has 3 nitrogen and oxygen atoms in total. The first-order valence-corrected chi connectivity index (χ1v) is 5.94. The lowest BCUT2D eigenvalue weighted by Gasteiger charge is -2.26. The minimum absolute atomic E-state index is 0.199. The molecular weight excluding hydrogens is 200 g/mol. The van der Waals surface area contributed by atoms with Gasteiger partial charge in [0.1, 0.15) is 6.10 Å². The topological polar surface area (TPSA) is 25.4 Å². The minimum Gasteiger partial charge on any atom is -0.473 e. The van der Waals surface area contributed by atoms with Crippen LogP contribution in [0.25, 0.3) is 0 Å². The van der Waals surface area contributed by atoms with E-state index in [9.17, 15) is 0 Å². The van der Waals surface area contributed by atoms with Crippen LogP contribution in [-0.4, -0.2) is 35.6 Å². The van der Waals surface area contributed by atoms with Gasteiger partial charge < -0.3 is 4.74 Å². The molecule has 1 aliphatic heterocycles. The number of ether oxygens (including phenoxy) is 1. The summed E-state index contributed by atoms with van der Waals surface area (Å²) in [7, 11) is 2.17. The molecule has 0 spiro atoms. The van der Waals surface area contributed by atoms with E-state index in [-0.39, 0.29) is 6.10 Å². The lowest BCUT2D eigenvalue weighted by atomic mass is 10.0. The molecule has 16 heavy (non-hydrogen) atoms. The predicted molar refractivity (Wildman–Crippen MR) is 64.5 cm³/mol. The zero-order valence-corrected chi connectivity index (χ0v) is 10.3. The third-order valence-corrected chi connectivity index (χ3v) is 3.30. The molecule has 0 amide bonds. The zero-order chi connectivity index (χ0) is 11.5. The van der Waals surface area contributed by atoms with E-state index in [0.29, 0.717) is 6.04 Å². The number of nitrogens with zero attached hydrogens (tertiary/aromatic N) is 2. The van der Waals surface area contributed by atoms with Crippen LogP contribution in [0.3, 0.4) is 0 Å². The van der Waals surface area contributed by atoms with Gasteiger partial charge >= 0.3 is 0 Å². The second-order valence-electron chi connectivity index (χ2n) is 4.84. The van der Waals surface area contributed by atoms with E-state index < -0.39 is 0 Å². The quantitative estimate of drug-likeness (QED) is 0.780. The van der Waals surface area contributed by atoms with E-state index in [2.05, 4.69) is 30.8 Å². The molecule has 88 valence electrons. The van der Waals surface area contributed by atoms with E-state index in [0.717, 1.165) is 11.8 Å². The first kappa shape index (κ1) is 11.4. The number of likely N-dealkylation sites (tertiary alicyclic amines) is 1. The first-order valence-electron chi connectivity index (χ1n) is 5.94. The summed E-state index contributed by atoms with van der Waals surface area (Å²) in [6.07, 6.45) is 3.18. The number of aromatic nitrogens is 1. The van der Waals surface area contributed by atoms with Gasteiger partial charge in [-0.1, -0.05) is 13.0 Å². The maximum absolute atomic E-state index is 5.86. The summed E-state index contributed by atoms with van der Waals surface area (Å²) < 4.78 is 5.86. The van der Waals surface area contributed by atoms with Crippen molar-refractivity contribution in [1.82, 2.24) is 9.88 Å². The van der Waals surface area contributed by atoms with Crippen molar-refractivity contribution >= 4 is 0 Å². The Hall–Kier alpha value is -1.09. The summed E-state index contributed by atoms with van der Waals surface area (Å²) in [4.78, 5) is 6.58. The van der Waals surface area contributed by atoms with Gasteiger partial charge in [-0.15, -0.1) is 0 Å². The molecule has 1 aliphatic rings. The van der Waals surface area contributed by atoms with Crippen LogP contribution < -0.4 is 4.74 Å². The molecule has 1 fully saturated rings. The Kier molecular flexibility index (Phi) is 3.44. The fourth-order valence-corrected chi connectivity index (χ4v) is 2.53. The molecule has 0 bridgehead atoms. The maximum Gasteiger partial charge on any atom is 0.213 e. The van der Waals surface area contributed by atoms with Gasteiger partial charge in [0, 0.05) is 24.8 Å². The summed E-state index contributed by atoms with van der Waals surface area (Å²) >= 11 is 0. The minimum atomic E-state index is 0.199. The first-order chi connectivity index (χ1) is 7.66. The van der Waals surface area contributed by atoms with Gasteiger partial charge in [0.2, 0.25) is 5.88 Å². The van der Waals surface area contributed by atoms with Crippen LogP contribution >= 0.6 is 0 Å². The number of pyridine rings is 1. The zero-order valence-electron chi connectivity index (χ0n) is 10.3. The van der Waals surface area contributed by atoms with Gasteiger partial charge in [0.25, 0.3) is 0 Å². The number of likely N-dealkylation sites (N-methyl/N-ethyl adjacent to an activating group) is 1. The Morgan fingerprint density at radius 1 is 1.50 bits per heavy atom. The Morgan fingerprint density at radius 2 is 2.31 bits per heavy atom. The van der Waals surface area contributed by atoms with E-state index in [1.54, 1.807) is 6.20 Å². The third-order valence-electron chi connectivity index (χ3n) is 3.30. The highest BCUT2D eigenvalue weighted by Crippen LogP contribution is 2.25. The molecule has 3 atom stereocenters. The molecule has 0 saturated carbocycles. The molecule has 0 aromatic carbocycles. The normalized spacial score (nSPS) is 27.9. The predicted octanol–water partition coefficient (Wildman–Crippen LogP) is 2.19. The lowest BCUT2D eigenvalue weighted by Crippen LogP contribution is -2.38. The van der Waals surface area contributed by atoms with E-state index >= 15 is 0 Å². The molecule has 1 aromatic rings. The molecule has 0 N–H and O–H groups in total. The second-order valence-corrected chi connectivity index (χ2v) is 4.84. The van der Waals surface area contributed by atoms with Crippen LogP contribution in [-0.2, 0) is 0 Å². The van der Waals surface area contributed by atoms with Crippen molar-refractivity contribution in [2.75, 3.05) is 13.6 Å². The highest BCUT2D eigenvalue weighted by Gasteiger charge is 2.31. The van der Waals surface area contributed by atoms with Crippen molar-refractivity contribution in [2.24, 2.45) is 5.92 Å². The van der Waals surface area contributed by atoms with Crippen LogP contribution in [0.2, 0.25) is 0 Å². The Labute approximate surface area is 97.4 Å². The number of rotatable bonds is 3. The van der Waals surface area contributed by atoms with Crippen LogP contribution in [0.1, 0.15) is 20.3 Å². The summed E-state index contributed by atoms with van der Waals surface area (Å²) in [6.45, 7) is 5.60. The molecule has 3 heteroatoms. The van der Waals surface area contributed by atoms with Gasteiger partial charge in [-0.25, -0.2) is 4.98 Å². The molecule has 0 aliphatic carbocycles. The fraction of sp³-hybridized carbons (Fsp3) is 0.615. The van der Waals surface area contributed by atoms with E-state index in [4.69, 9.17) is 4.74 Å². The summed E-state index contributed by atoms with van der Waals surface area (Å²) in [5.74, 6) is 1.49. The highest BCUT2D eigenvalue weighted by atomic mass is 16.5. The average Bonchev–Trinajstić information content (AvgIpc) is 2.59. The molecule has 0 radical (unpaired) electrons. The van der Waals surface area contributed by atoms with Crippen molar-refractivity contribution in [3.8, 4) is 5.88 Å². The molecule has 1 saturated heterocycles. The fourth-order valence-electron chi connectivity index (χ4n) is 2.53. The number of hydrogen-bond acceptors (Lipinski definition) is 3. The van der Waals surface area contributed by atoms with Crippen molar-refractivity contribution in [3.63, 3.8) is 0 Å². The SMILES string of the molecule is CC1CC(C(C)Oc2ccccn2)N(C)C1. The molecule has 1 aromatic heterocycles. The average molecular weight is 220 g/mol. The third kappa shape index (κ3) is 2.53. The van der Waals surface area contributed by atoms with Crippen LogP contribution in [0.4, 0.5) is 0 Å². The van der Waals surface area contributed by atoms with Gasteiger partial charge in [-0.2, -0.15) is 0 Å². The van der Waals surface area contributed by atoms with E-state index in [1.165, 1.54) is 13.0 Å². The van der Waals surface area contributed by atoms with Crippen molar-refractivity contribution in [2.45, 2.75) is 32.4 Å². The van der Waals surface area contributed by atoms with Gasteiger partial charge in [-0.05, 0) is 32.4 Å². The molecular formula is C13H20N2O. The van der Waals surface area contributed by atoms with Crippen LogP contribution in [0.15, 0.2) is 24.4 Å². The highest BCUT2D eigenvalue weighted by molar-refractivity contribution is 5.10. The molecule has 2 heterocycles. The Balaban J connectivity index is 1.96. The second kappa shape index (κ2) is 4.83. The Bertz CT molecular complexity index is 328. The summed E-state index contributed by atoms with van der Waals surface area (Å²) in [5, 5.41) is 0. The van der Waals surface area contributed by atoms with Gasteiger partial charge in [0.15, 0.2) is 0 Å². The maximum atomic E-state index is 5.86. The monoisotopic (exact) mass is 220 g/mol. The molecule has 2 rings (SSSR count). The van der Waals surface area contributed by atoms with Crippen LogP contribution in [0.5, 0.6) is 5.88 Å². The molecule has 3 unspecified atom stereocenters. The largest absolute Gasteiger partial charge is 0.473 e. The van der Waals surface area contributed by atoms with Crippen molar-refractivity contribution in [1.29, 1.82) is 0 Å².